The number of carbonyl (C=O) groups excluding carboxylic acids is 3. The molecule has 1 N–H and O–H groups in total. The van der Waals surface area contributed by atoms with Gasteiger partial charge in [-0.25, -0.2) is 9.69 Å². The molecule has 0 aliphatic carbocycles. The fraction of sp³-hybridized carbons (Fsp3) is 0.0455. The third-order valence-corrected chi connectivity index (χ3v) is 4.97. The van der Waals surface area contributed by atoms with Gasteiger partial charge in [-0.3, -0.25) is 25.0 Å². The van der Waals surface area contributed by atoms with Crippen LogP contribution in [0, 0.1) is 10.1 Å². The van der Waals surface area contributed by atoms with Crippen LogP contribution in [0.5, 0.6) is 11.5 Å². The summed E-state index contributed by atoms with van der Waals surface area (Å²) in [5, 5.41) is 13.1. The van der Waals surface area contributed by atoms with Crippen molar-refractivity contribution in [3.8, 4) is 22.8 Å². The summed E-state index contributed by atoms with van der Waals surface area (Å²) in [5.41, 5.74) is 0.207. The van der Waals surface area contributed by atoms with Crippen LogP contribution < -0.4 is 19.7 Å². The SMILES string of the molecule is O=C1NC(=O)N(c2ccc3c(c2)OCO3)C(=O)C1=Cc1ccc(-c2cccc([N+](=O)[O-])c2)o1. The number of nitro groups is 1. The van der Waals surface area contributed by atoms with Crippen molar-refractivity contribution in [1.29, 1.82) is 0 Å². The zero-order valence-corrected chi connectivity index (χ0v) is 16.6. The maximum atomic E-state index is 13.0. The molecule has 0 radical (unpaired) electrons. The molecule has 0 bridgehead atoms. The van der Waals surface area contributed by atoms with E-state index in [4.69, 9.17) is 13.9 Å². The Labute approximate surface area is 185 Å². The number of hydrogen-bond acceptors (Lipinski definition) is 8. The first-order valence-corrected chi connectivity index (χ1v) is 9.56. The average Bonchev–Trinajstić information content (AvgIpc) is 3.46. The van der Waals surface area contributed by atoms with Crippen molar-refractivity contribution in [1.82, 2.24) is 5.32 Å². The molecule has 2 aliphatic heterocycles. The van der Waals surface area contributed by atoms with E-state index in [0.29, 0.717) is 22.8 Å². The zero-order valence-electron chi connectivity index (χ0n) is 16.6. The van der Waals surface area contributed by atoms with Crippen molar-refractivity contribution in [2.75, 3.05) is 11.7 Å². The number of imide groups is 2. The van der Waals surface area contributed by atoms with Gasteiger partial charge in [0.05, 0.1) is 10.6 Å². The van der Waals surface area contributed by atoms with Gasteiger partial charge >= 0.3 is 6.03 Å². The van der Waals surface area contributed by atoms with Gasteiger partial charge in [-0.05, 0) is 30.3 Å². The number of fused-ring (bicyclic) bond motifs is 1. The van der Waals surface area contributed by atoms with Gasteiger partial charge in [0, 0.05) is 23.8 Å². The van der Waals surface area contributed by atoms with Gasteiger partial charge in [-0.15, -0.1) is 0 Å². The van der Waals surface area contributed by atoms with Crippen molar-refractivity contribution in [3.05, 3.63) is 76.0 Å². The average molecular weight is 447 g/mol. The molecule has 2 aromatic carbocycles. The van der Waals surface area contributed by atoms with Gasteiger partial charge in [0.2, 0.25) is 6.79 Å². The predicted molar refractivity (Wildman–Crippen MR) is 112 cm³/mol. The molecule has 3 heterocycles. The second-order valence-corrected chi connectivity index (χ2v) is 7.00. The predicted octanol–water partition coefficient (Wildman–Crippen LogP) is 3.25. The van der Waals surface area contributed by atoms with E-state index in [1.54, 1.807) is 18.2 Å². The van der Waals surface area contributed by atoms with Crippen LogP contribution >= 0.6 is 0 Å². The van der Waals surface area contributed by atoms with E-state index in [0.717, 1.165) is 4.90 Å². The lowest BCUT2D eigenvalue weighted by Crippen LogP contribution is -2.54. The van der Waals surface area contributed by atoms with E-state index < -0.39 is 22.8 Å². The van der Waals surface area contributed by atoms with E-state index in [-0.39, 0.29) is 29.5 Å². The lowest BCUT2D eigenvalue weighted by atomic mass is 10.1. The molecule has 0 saturated carbocycles. The molecule has 4 amide bonds. The van der Waals surface area contributed by atoms with Crippen LogP contribution in [0.3, 0.4) is 0 Å². The second-order valence-electron chi connectivity index (χ2n) is 7.00. The minimum Gasteiger partial charge on any atom is -0.457 e. The zero-order chi connectivity index (χ0) is 23.1. The number of ether oxygens (including phenoxy) is 2. The summed E-state index contributed by atoms with van der Waals surface area (Å²) in [7, 11) is 0. The summed E-state index contributed by atoms with van der Waals surface area (Å²) in [6.07, 6.45) is 1.20. The molecular weight excluding hydrogens is 434 g/mol. The van der Waals surface area contributed by atoms with Crippen LogP contribution in [0.15, 0.2) is 64.6 Å². The molecule has 1 aromatic heterocycles. The lowest BCUT2D eigenvalue weighted by molar-refractivity contribution is -0.384. The number of benzene rings is 2. The minimum absolute atomic E-state index is 0.0218. The summed E-state index contributed by atoms with van der Waals surface area (Å²) in [5.74, 6) is -0.443. The first kappa shape index (κ1) is 20.0. The van der Waals surface area contributed by atoms with Gasteiger partial charge in [0.25, 0.3) is 17.5 Å². The Kier molecular flexibility index (Phi) is 4.63. The number of amides is 4. The van der Waals surface area contributed by atoms with Crippen molar-refractivity contribution in [2.45, 2.75) is 0 Å². The third kappa shape index (κ3) is 3.57. The number of carbonyl (C=O) groups is 3. The van der Waals surface area contributed by atoms with Crippen LogP contribution in [0.2, 0.25) is 0 Å². The molecule has 3 aromatic rings. The molecule has 33 heavy (non-hydrogen) atoms. The van der Waals surface area contributed by atoms with Gasteiger partial charge in [-0.2, -0.15) is 0 Å². The van der Waals surface area contributed by atoms with Crippen LogP contribution in [-0.4, -0.2) is 29.6 Å². The van der Waals surface area contributed by atoms with Crippen molar-refractivity contribution < 1.29 is 33.2 Å². The van der Waals surface area contributed by atoms with E-state index >= 15 is 0 Å². The number of hydrogen-bond donors (Lipinski definition) is 1. The highest BCUT2D eigenvalue weighted by Gasteiger charge is 2.37. The Bertz CT molecular complexity index is 1370. The number of urea groups is 1. The number of barbiturate groups is 1. The first-order chi connectivity index (χ1) is 15.9. The Hall–Kier alpha value is -4.93. The lowest BCUT2D eigenvalue weighted by Gasteiger charge is -2.26. The van der Waals surface area contributed by atoms with E-state index in [1.165, 1.54) is 42.5 Å². The Morgan fingerprint density at radius 3 is 2.64 bits per heavy atom. The molecular formula is C22H13N3O8. The maximum absolute atomic E-state index is 13.0. The van der Waals surface area contributed by atoms with Crippen molar-refractivity contribution in [3.63, 3.8) is 0 Å². The van der Waals surface area contributed by atoms with Crippen LogP contribution in [0.4, 0.5) is 16.2 Å². The van der Waals surface area contributed by atoms with Crippen LogP contribution in [0.25, 0.3) is 17.4 Å². The highest BCUT2D eigenvalue weighted by atomic mass is 16.7. The normalized spacial score (nSPS) is 16.3. The molecule has 2 aliphatic rings. The highest BCUT2D eigenvalue weighted by Crippen LogP contribution is 2.36. The third-order valence-electron chi connectivity index (χ3n) is 4.97. The van der Waals surface area contributed by atoms with Crippen LogP contribution in [0.1, 0.15) is 5.76 Å². The maximum Gasteiger partial charge on any atom is 0.335 e. The summed E-state index contributed by atoms with van der Waals surface area (Å²) in [6.45, 7) is 0.0218. The number of rotatable bonds is 4. The highest BCUT2D eigenvalue weighted by molar-refractivity contribution is 6.39. The van der Waals surface area contributed by atoms with E-state index in [1.807, 2.05) is 0 Å². The molecule has 11 nitrogen and oxygen atoms in total. The second kappa shape index (κ2) is 7.64. The number of furan rings is 1. The molecule has 0 unspecified atom stereocenters. The number of non-ortho nitro benzene ring substituents is 1. The number of nitrogens with zero attached hydrogens (tertiary/aromatic N) is 2. The van der Waals surface area contributed by atoms with E-state index in [2.05, 4.69) is 5.32 Å². The number of anilines is 1. The molecule has 0 atom stereocenters. The molecule has 1 saturated heterocycles. The van der Waals surface area contributed by atoms with E-state index in [9.17, 15) is 24.5 Å². The Balaban J connectivity index is 1.46. The summed E-state index contributed by atoms with van der Waals surface area (Å²) < 4.78 is 16.2. The number of nitro benzene ring substituents is 1. The summed E-state index contributed by atoms with van der Waals surface area (Å²) >= 11 is 0. The largest absolute Gasteiger partial charge is 0.457 e. The monoisotopic (exact) mass is 447 g/mol. The smallest absolute Gasteiger partial charge is 0.335 e. The summed E-state index contributed by atoms with van der Waals surface area (Å²) in [4.78, 5) is 49.1. The topological polar surface area (TPSA) is 141 Å². The fourth-order valence-electron chi connectivity index (χ4n) is 3.42. The minimum atomic E-state index is -0.905. The molecule has 5 rings (SSSR count). The quantitative estimate of drug-likeness (QED) is 0.278. The molecule has 0 spiro atoms. The molecule has 1 fully saturated rings. The standard InChI is InChI=1S/C22H13N3O8/c26-20-16(10-15-5-7-17(33-15)12-2-1-3-14(8-12)25(29)30)21(27)24(22(28)23-20)13-4-6-18-19(9-13)32-11-31-18/h1-10H,11H2,(H,23,26,28). The van der Waals surface area contributed by atoms with Crippen LogP contribution in [-0.2, 0) is 9.59 Å². The molecule has 11 heteroatoms. The Morgan fingerprint density at radius 2 is 1.82 bits per heavy atom. The van der Waals surface area contributed by atoms with Gasteiger partial charge in [0.1, 0.15) is 17.1 Å². The van der Waals surface area contributed by atoms with Crippen molar-refractivity contribution >= 4 is 35.3 Å². The Morgan fingerprint density at radius 1 is 1.00 bits per heavy atom. The van der Waals surface area contributed by atoms with Crippen molar-refractivity contribution in [2.24, 2.45) is 0 Å². The first-order valence-electron chi connectivity index (χ1n) is 9.56. The van der Waals surface area contributed by atoms with Gasteiger partial charge in [-0.1, -0.05) is 12.1 Å². The summed E-state index contributed by atoms with van der Waals surface area (Å²) in [6, 6.07) is 12.5. The molecule has 164 valence electrons. The van der Waals surface area contributed by atoms with Gasteiger partial charge in [0.15, 0.2) is 11.5 Å². The number of nitrogens with one attached hydrogen (secondary N) is 1. The van der Waals surface area contributed by atoms with Gasteiger partial charge < -0.3 is 13.9 Å². The fourth-order valence-corrected chi connectivity index (χ4v) is 3.42.